The molecule has 0 aliphatic carbocycles. The maximum Gasteiger partial charge on any atom is 0.147 e. The molecule has 0 aromatic carbocycles. The lowest BCUT2D eigenvalue weighted by Crippen LogP contribution is -2.31. The highest BCUT2D eigenvalue weighted by atomic mass is 32.2. The van der Waals surface area contributed by atoms with Gasteiger partial charge in [0.1, 0.15) is 5.82 Å². The Morgan fingerprint density at radius 3 is 2.69 bits per heavy atom. The summed E-state index contributed by atoms with van der Waals surface area (Å²) in [4.78, 5) is 10.9. The van der Waals surface area contributed by atoms with Gasteiger partial charge in [-0.3, -0.25) is 4.98 Å². The van der Waals surface area contributed by atoms with Crippen LogP contribution >= 0.6 is 11.8 Å². The molecule has 16 heavy (non-hydrogen) atoms. The lowest BCUT2D eigenvalue weighted by atomic mass is 10.3. The van der Waals surface area contributed by atoms with Crippen molar-refractivity contribution in [3.8, 4) is 0 Å². The van der Waals surface area contributed by atoms with Crippen LogP contribution in [-0.2, 0) is 6.54 Å². The second-order valence-corrected chi connectivity index (χ2v) is 4.72. The number of nitrogens with one attached hydrogen (secondary N) is 1. The molecule has 1 rings (SSSR count). The van der Waals surface area contributed by atoms with E-state index in [-0.39, 0.29) is 0 Å². The molecule has 1 heterocycles. The first-order chi connectivity index (χ1) is 7.69. The fraction of sp³-hybridized carbons (Fsp3) is 0.636. The van der Waals surface area contributed by atoms with Gasteiger partial charge in [0, 0.05) is 25.4 Å². The van der Waals surface area contributed by atoms with Crippen molar-refractivity contribution >= 4 is 17.6 Å². The number of rotatable bonds is 6. The smallest absolute Gasteiger partial charge is 0.147 e. The van der Waals surface area contributed by atoms with Crippen LogP contribution in [0.1, 0.15) is 12.6 Å². The van der Waals surface area contributed by atoms with Crippen LogP contribution in [0.15, 0.2) is 12.4 Å². The van der Waals surface area contributed by atoms with E-state index in [0.29, 0.717) is 6.04 Å². The minimum absolute atomic E-state index is 0.472. The quantitative estimate of drug-likeness (QED) is 0.813. The van der Waals surface area contributed by atoms with E-state index in [4.69, 9.17) is 0 Å². The minimum Gasteiger partial charge on any atom is -0.355 e. The Kier molecular flexibility index (Phi) is 5.55. The first-order valence-electron chi connectivity index (χ1n) is 5.36. The Balaban J connectivity index is 2.65. The molecule has 0 aliphatic heterocycles. The molecule has 1 aromatic rings. The largest absolute Gasteiger partial charge is 0.355 e. The fourth-order valence-electron chi connectivity index (χ4n) is 1.38. The van der Waals surface area contributed by atoms with Crippen molar-refractivity contribution in [3.05, 3.63) is 18.1 Å². The molecule has 1 unspecified atom stereocenters. The number of anilines is 1. The monoisotopic (exact) mass is 240 g/mol. The summed E-state index contributed by atoms with van der Waals surface area (Å²) >= 11 is 1.84. The van der Waals surface area contributed by atoms with E-state index < -0.39 is 0 Å². The van der Waals surface area contributed by atoms with E-state index in [1.807, 2.05) is 31.2 Å². The van der Waals surface area contributed by atoms with Crippen molar-refractivity contribution in [1.29, 1.82) is 0 Å². The molecule has 0 amide bonds. The first kappa shape index (κ1) is 13.3. The average molecular weight is 240 g/mol. The molecular weight excluding hydrogens is 220 g/mol. The Labute approximate surface area is 102 Å². The number of hydrogen-bond donors (Lipinski definition) is 1. The molecular formula is C11H20N4S. The molecule has 0 spiro atoms. The zero-order valence-electron chi connectivity index (χ0n) is 10.4. The summed E-state index contributed by atoms with van der Waals surface area (Å²) in [6.45, 7) is 2.96. The van der Waals surface area contributed by atoms with Crippen molar-refractivity contribution in [2.45, 2.75) is 19.5 Å². The zero-order chi connectivity index (χ0) is 12.0. The molecule has 90 valence electrons. The summed E-state index contributed by atoms with van der Waals surface area (Å²) in [5.41, 5.74) is 0.970. The van der Waals surface area contributed by atoms with Gasteiger partial charge in [0.15, 0.2) is 0 Å². The van der Waals surface area contributed by atoms with Crippen molar-refractivity contribution in [3.63, 3.8) is 0 Å². The number of nitrogens with zero attached hydrogens (tertiary/aromatic N) is 3. The van der Waals surface area contributed by atoms with E-state index in [9.17, 15) is 0 Å². The highest BCUT2D eigenvalue weighted by molar-refractivity contribution is 7.98. The highest BCUT2D eigenvalue weighted by Gasteiger charge is 2.10. The molecule has 0 radical (unpaired) electrons. The van der Waals surface area contributed by atoms with Crippen LogP contribution in [0.5, 0.6) is 0 Å². The lowest BCUT2D eigenvalue weighted by molar-refractivity contribution is 0.740. The summed E-state index contributed by atoms with van der Waals surface area (Å²) in [5, 5.41) is 3.06. The molecule has 0 saturated heterocycles. The average Bonchev–Trinajstić information content (AvgIpc) is 2.30. The van der Waals surface area contributed by atoms with Crippen LogP contribution in [-0.4, -0.2) is 42.1 Å². The van der Waals surface area contributed by atoms with Gasteiger partial charge in [-0.05, 0) is 20.2 Å². The van der Waals surface area contributed by atoms with Gasteiger partial charge in [0.05, 0.1) is 18.1 Å². The van der Waals surface area contributed by atoms with Crippen molar-refractivity contribution in [1.82, 2.24) is 15.3 Å². The Hall–Kier alpha value is -0.810. The predicted molar refractivity (Wildman–Crippen MR) is 71.0 cm³/mol. The van der Waals surface area contributed by atoms with Crippen LogP contribution < -0.4 is 10.2 Å². The van der Waals surface area contributed by atoms with E-state index in [1.165, 1.54) is 0 Å². The topological polar surface area (TPSA) is 41.1 Å². The van der Waals surface area contributed by atoms with Crippen molar-refractivity contribution < 1.29 is 0 Å². The van der Waals surface area contributed by atoms with Gasteiger partial charge >= 0.3 is 0 Å². The van der Waals surface area contributed by atoms with Crippen molar-refractivity contribution in [2.75, 3.05) is 31.0 Å². The molecule has 0 aliphatic rings. The summed E-state index contributed by atoms with van der Waals surface area (Å²) in [5.74, 6) is 2.03. The van der Waals surface area contributed by atoms with E-state index in [0.717, 1.165) is 23.8 Å². The molecule has 0 fully saturated rings. The Bertz CT molecular complexity index is 301. The standard InChI is InChI=1S/C11H20N4S/c1-9(8-16-4)15(3)11-7-13-10(5-12-2)6-14-11/h6-7,9,12H,5,8H2,1-4H3. The van der Waals surface area contributed by atoms with Gasteiger partial charge in [-0.15, -0.1) is 0 Å². The third kappa shape index (κ3) is 3.64. The first-order valence-corrected chi connectivity index (χ1v) is 6.75. The molecule has 4 nitrogen and oxygen atoms in total. The second kappa shape index (κ2) is 6.70. The second-order valence-electron chi connectivity index (χ2n) is 3.81. The third-order valence-corrected chi connectivity index (χ3v) is 3.30. The summed E-state index contributed by atoms with van der Waals surface area (Å²) in [6, 6.07) is 0.472. The molecule has 1 N–H and O–H groups in total. The van der Waals surface area contributed by atoms with Gasteiger partial charge in [0.25, 0.3) is 0 Å². The molecule has 1 atom stereocenters. The van der Waals surface area contributed by atoms with Crippen LogP contribution in [0.3, 0.4) is 0 Å². The van der Waals surface area contributed by atoms with Crippen LogP contribution in [0, 0.1) is 0 Å². The van der Waals surface area contributed by atoms with Crippen LogP contribution in [0.2, 0.25) is 0 Å². The fourth-order valence-corrected chi connectivity index (χ4v) is 2.09. The lowest BCUT2D eigenvalue weighted by Gasteiger charge is -2.24. The van der Waals surface area contributed by atoms with E-state index in [1.54, 1.807) is 0 Å². The summed E-state index contributed by atoms with van der Waals surface area (Å²) < 4.78 is 0. The summed E-state index contributed by atoms with van der Waals surface area (Å²) in [6.07, 6.45) is 5.78. The number of thioether (sulfide) groups is 1. The van der Waals surface area contributed by atoms with Gasteiger partial charge in [-0.25, -0.2) is 4.98 Å². The minimum atomic E-state index is 0.472. The highest BCUT2D eigenvalue weighted by Crippen LogP contribution is 2.12. The normalized spacial score (nSPS) is 12.5. The molecule has 0 saturated carbocycles. The van der Waals surface area contributed by atoms with Gasteiger partial charge in [-0.1, -0.05) is 0 Å². The SMILES string of the molecule is CNCc1cnc(N(C)C(C)CSC)cn1. The predicted octanol–water partition coefficient (Wildman–Crippen LogP) is 1.38. The maximum atomic E-state index is 4.41. The Morgan fingerprint density at radius 1 is 1.44 bits per heavy atom. The molecule has 1 aromatic heterocycles. The van der Waals surface area contributed by atoms with E-state index in [2.05, 4.69) is 40.4 Å². The van der Waals surface area contributed by atoms with Crippen LogP contribution in [0.25, 0.3) is 0 Å². The van der Waals surface area contributed by atoms with Gasteiger partial charge < -0.3 is 10.2 Å². The third-order valence-electron chi connectivity index (χ3n) is 2.48. The Morgan fingerprint density at radius 2 is 2.19 bits per heavy atom. The van der Waals surface area contributed by atoms with Crippen molar-refractivity contribution in [2.24, 2.45) is 0 Å². The number of aromatic nitrogens is 2. The van der Waals surface area contributed by atoms with E-state index >= 15 is 0 Å². The zero-order valence-corrected chi connectivity index (χ0v) is 11.2. The van der Waals surface area contributed by atoms with Gasteiger partial charge in [-0.2, -0.15) is 11.8 Å². The molecule has 0 bridgehead atoms. The van der Waals surface area contributed by atoms with Gasteiger partial charge in [0.2, 0.25) is 0 Å². The summed E-state index contributed by atoms with van der Waals surface area (Å²) in [7, 11) is 3.96. The maximum absolute atomic E-state index is 4.41. The van der Waals surface area contributed by atoms with Crippen LogP contribution in [0.4, 0.5) is 5.82 Å². The molecule has 5 heteroatoms. The number of hydrogen-bond acceptors (Lipinski definition) is 5.